The van der Waals surface area contributed by atoms with Crippen molar-refractivity contribution in [3.05, 3.63) is 30.1 Å². The summed E-state index contributed by atoms with van der Waals surface area (Å²) < 4.78 is 13.4. The van der Waals surface area contributed by atoms with Crippen LogP contribution in [0.3, 0.4) is 0 Å². The van der Waals surface area contributed by atoms with Crippen LogP contribution in [0.5, 0.6) is 0 Å². The number of anilines is 1. The predicted octanol–water partition coefficient (Wildman–Crippen LogP) is 2.86. The fourth-order valence-corrected chi connectivity index (χ4v) is 3.38. The molecule has 1 saturated heterocycles. The number of hydrogen-bond acceptors (Lipinski definition) is 3. The van der Waals surface area contributed by atoms with Crippen molar-refractivity contribution in [2.24, 2.45) is 5.92 Å². The van der Waals surface area contributed by atoms with Gasteiger partial charge in [0.15, 0.2) is 0 Å². The van der Waals surface area contributed by atoms with E-state index in [2.05, 4.69) is 29.4 Å². The summed E-state index contributed by atoms with van der Waals surface area (Å²) in [4.78, 5) is 14.8. The van der Waals surface area contributed by atoms with E-state index in [9.17, 15) is 9.18 Å². The van der Waals surface area contributed by atoms with Crippen molar-refractivity contribution in [2.75, 3.05) is 32.0 Å². The third kappa shape index (κ3) is 4.22. The smallest absolute Gasteiger partial charge is 0.246 e. The van der Waals surface area contributed by atoms with Crippen molar-refractivity contribution < 1.29 is 9.18 Å². The van der Waals surface area contributed by atoms with Crippen LogP contribution in [0.25, 0.3) is 0 Å². The van der Waals surface area contributed by atoms with Gasteiger partial charge in [-0.1, -0.05) is 32.8 Å². The average molecular weight is 321 g/mol. The lowest BCUT2D eigenvalue weighted by atomic mass is 9.96. The van der Waals surface area contributed by atoms with E-state index in [-0.39, 0.29) is 11.7 Å². The Balaban J connectivity index is 2.13. The van der Waals surface area contributed by atoms with Crippen LogP contribution in [0.15, 0.2) is 24.3 Å². The highest BCUT2D eigenvalue weighted by atomic mass is 19.1. The second-order valence-corrected chi connectivity index (χ2v) is 6.46. The molecule has 1 fully saturated rings. The van der Waals surface area contributed by atoms with E-state index in [0.29, 0.717) is 18.2 Å². The largest absolute Gasteiger partial charge is 0.370 e. The van der Waals surface area contributed by atoms with Crippen molar-refractivity contribution in [1.82, 2.24) is 10.2 Å². The fraction of sp³-hybridized carbons (Fsp3) is 0.611. The first-order valence-corrected chi connectivity index (χ1v) is 8.51. The number of nitrogens with one attached hydrogen (secondary N) is 2. The lowest BCUT2D eigenvalue weighted by Gasteiger charge is -2.30. The lowest BCUT2D eigenvalue weighted by molar-refractivity contribution is -0.124. The summed E-state index contributed by atoms with van der Waals surface area (Å²) in [6.07, 6.45) is 3.03. The van der Waals surface area contributed by atoms with Crippen LogP contribution in [0.4, 0.5) is 10.1 Å². The summed E-state index contributed by atoms with van der Waals surface area (Å²) in [5.41, 5.74) is -0.0350. The number of halogens is 1. The topological polar surface area (TPSA) is 44.4 Å². The standard InChI is InChI=1S/C18H28FN3O/c1-4-14(5-2)12-22-10-9-18(13-22,17(23)20-3)21-16-8-6-7-15(19)11-16/h6-8,11,14,21H,4-5,9-10,12-13H2,1-3H3,(H,20,23). The molecule has 1 aromatic rings. The maximum Gasteiger partial charge on any atom is 0.246 e. The molecule has 2 N–H and O–H groups in total. The summed E-state index contributed by atoms with van der Waals surface area (Å²) in [6.45, 7) is 6.96. The first kappa shape index (κ1) is 17.7. The number of hydrogen-bond donors (Lipinski definition) is 2. The van der Waals surface area contributed by atoms with Crippen LogP contribution in [0.2, 0.25) is 0 Å². The summed E-state index contributed by atoms with van der Waals surface area (Å²) >= 11 is 0. The molecule has 128 valence electrons. The quantitative estimate of drug-likeness (QED) is 0.812. The minimum absolute atomic E-state index is 0.0335. The number of carbonyl (C=O) groups excluding carboxylic acids is 1. The van der Waals surface area contributed by atoms with E-state index < -0.39 is 5.54 Å². The van der Waals surface area contributed by atoms with Gasteiger partial charge < -0.3 is 15.5 Å². The minimum Gasteiger partial charge on any atom is -0.370 e. The summed E-state index contributed by atoms with van der Waals surface area (Å²) in [7, 11) is 1.65. The Hall–Kier alpha value is -1.62. The second-order valence-electron chi connectivity index (χ2n) is 6.46. The molecule has 0 bridgehead atoms. The predicted molar refractivity (Wildman–Crippen MR) is 91.9 cm³/mol. The average Bonchev–Trinajstić information content (AvgIpc) is 2.95. The number of likely N-dealkylation sites (tertiary alicyclic amines) is 1. The SMILES string of the molecule is CCC(CC)CN1CCC(Nc2cccc(F)c2)(C(=O)NC)C1. The van der Waals surface area contributed by atoms with E-state index in [1.807, 2.05) is 0 Å². The zero-order valence-electron chi connectivity index (χ0n) is 14.4. The highest BCUT2D eigenvalue weighted by molar-refractivity contribution is 5.90. The molecule has 1 unspecified atom stereocenters. The normalized spacial score (nSPS) is 21.6. The molecule has 2 rings (SSSR count). The molecule has 1 atom stereocenters. The van der Waals surface area contributed by atoms with Crippen molar-refractivity contribution in [3.63, 3.8) is 0 Å². The van der Waals surface area contributed by atoms with Crippen LogP contribution in [0.1, 0.15) is 33.1 Å². The van der Waals surface area contributed by atoms with Gasteiger partial charge in [0.05, 0.1) is 0 Å². The highest BCUT2D eigenvalue weighted by Gasteiger charge is 2.44. The fourth-order valence-electron chi connectivity index (χ4n) is 3.38. The zero-order chi connectivity index (χ0) is 16.9. The highest BCUT2D eigenvalue weighted by Crippen LogP contribution is 2.28. The molecule has 0 spiro atoms. The van der Waals surface area contributed by atoms with Gasteiger partial charge >= 0.3 is 0 Å². The van der Waals surface area contributed by atoms with Crippen LogP contribution in [-0.4, -0.2) is 43.0 Å². The van der Waals surface area contributed by atoms with Crippen LogP contribution >= 0.6 is 0 Å². The number of nitrogens with zero attached hydrogens (tertiary/aromatic N) is 1. The van der Waals surface area contributed by atoms with Crippen LogP contribution < -0.4 is 10.6 Å². The molecule has 1 aliphatic rings. The Morgan fingerprint density at radius 1 is 1.39 bits per heavy atom. The minimum atomic E-state index is -0.686. The van der Waals surface area contributed by atoms with Gasteiger partial charge in [0.25, 0.3) is 0 Å². The zero-order valence-corrected chi connectivity index (χ0v) is 14.4. The molecule has 0 aliphatic carbocycles. The molecule has 0 saturated carbocycles. The molecule has 5 heteroatoms. The summed E-state index contributed by atoms with van der Waals surface area (Å²) in [6, 6.07) is 6.31. The van der Waals surface area contributed by atoms with Gasteiger partial charge in [-0.3, -0.25) is 4.79 Å². The van der Waals surface area contributed by atoms with Crippen molar-refractivity contribution in [1.29, 1.82) is 0 Å². The number of benzene rings is 1. The Morgan fingerprint density at radius 3 is 2.74 bits per heavy atom. The molecule has 4 nitrogen and oxygen atoms in total. The molecule has 1 aromatic carbocycles. The van der Waals surface area contributed by atoms with Gasteiger partial charge in [-0.2, -0.15) is 0 Å². The maximum absolute atomic E-state index is 13.4. The molecule has 1 heterocycles. The number of likely N-dealkylation sites (N-methyl/N-ethyl adjacent to an activating group) is 1. The van der Waals surface area contributed by atoms with Crippen molar-refractivity contribution in [3.8, 4) is 0 Å². The molecule has 23 heavy (non-hydrogen) atoms. The first-order valence-electron chi connectivity index (χ1n) is 8.51. The number of carbonyl (C=O) groups is 1. The molecular weight excluding hydrogens is 293 g/mol. The number of amides is 1. The van der Waals surface area contributed by atoms with E-state index in [4.69, 9.17) is 0 Å². The van der Waals surface area contributed by atoms with Crippen LogP contribution in [-0.2, 0) is 4.79 Å². The summed E-state index contributed by atoms with van der Waals surface area (Å²) in [5, 5.41) is 6.05. The molecule has 0 radical (unpaired) electrons. The summed E-state index contributed by atoms with van der Waals surface area (Å²) in [5.74, 6) is 0.326. The Labute approximate surface area is 138 Å². The molecule has 1 aliphatic heterocycles. The third-order valence-corrected chi connectivity index (χ3v) is 4.89. The van der Waals surface area contributed by atoms with Gasteiger partial charge in [0.1, 0.15) is 11.4 Å². The van der Waals surface area contributed by atoms with Gasteiger partial charge in [0, 0.05) is 32.4 Å². The number of rotatable bonds is 7. The molecular formula is C18H28FN3O. The van der Waals surface area contributed by atoms with E-state index in [0.717, 1.165) is 32.4 Å². The lowest BCUT2D eigenvalue weighted by Crippen LogP contribution is -2.53. The van der Waals surface area contributed by atoms with Crippen molar-refractivity contribution >= 4 is 11.6 Å². The van der Waals surface area contributed by atoms with Gasteiger partial charge in [-0.25, -0.2) is 4.39 Å². The molecule has 1 amide bonds. The van der Waals surface area contributed by atoms with Gasteiger partial charge in [-0.15, -0.1) is 0 Å². The first-order chi connectivity index (χ1) is 11.0. The Morgan fingerprint density at radius 2 is 2.13 bits per heavy atom. The Kier molecular flexibility index (Phi) is 5.99. The maximum atomic E-state index is 13.4. The van der Waals surface area contributed by atoms with Crippen molar-refractivity contribution in [2.45, 2.75) is 38.6 Å². The Bertz CT molecular complexity index is 533. The van der Waals surface area contributed by atoms with E-state index >= 15 is 0 Å². The van der Waals surface area contributed by atoms with E-state index in [1.54, 1.807) is 19.2 Å². The van der Waals surface area contributed by atoms with Crippen LogP contribution in [0, 0.1) is 11.7 Å². The third-order valence-electron chi connectivity index (χ3n) is 4.89. The van der Waals surface area contributed by atoms with Gasteiger partial charge in [0.2, 0.25) is 5.91 Å². The monoisotopic (exact) mass is 321 g/mol. The second kappa shape index (κ2) is 7.77. The van der Waals surface area contributed by atoms with Gasteiger partial charge in [-0.05, 0) is 30.5 Å². The molecule has 0 aromatic heterocycles. The van der Waals surface area contributed by atoms with E-state index in [1.165, 1.54) is 12.1 Å².